The monoisotopic (exact) mass is 419 g/mol. The Labute approximate surface area is 170 Å². The molecule has 0 bridgehead atoms. The van der Waals surface area contributed by atoms with Gasteiger partial charge in [0.15, 0.2) is 0 Å². The lowest BCUT2D eigenvalue weighted by Gasteiger charge is -2.26. The molecule has 0 atom stereocenters. The molecule has 2 N–H and O–H groups in total. The van der Waals surface area contributed by atoms with Crippen LogP contribution in [-0.4, -0.2) is 58.6 Å². The van der Waals surface area contributed by atoms with E-state index in [0.29, 0.717) is 43.4 Å². The maximum absolute atomic E-state index is 12.6. The second-order valence-corrected chi connectivity index (χ2v) is 8.58. The first kappa shape index (κ1) is 21.1. The topological polar surface area (TPSA) is 97.0 Å². The van der Waals surface area contributed by atoms with Gasteiger partial charge in [-0.3, -0.25) is 4.79 Å². The highest BCUT2D eigenvalue weighted by molar-refractivity contribution is 7.89. The number of anilines is 2. The lowest BCUT2D eigenvalue weighted by Crippen LogP contribution is -2.40. The molecule has 1 heterocycles. The third kappa shape index (κ3) is 5.26. The zero-order valence-electron chi connectivity index (χ0n) is 16.5. The number of amides is 1. The molecule has 0 saturated carbocycles. The quantitative estimate of drug-likeness (QED) is 0.713. The van der Waals surface area contributed by atoms with Gasteiger partial charge < -0.3 is 20.1 Å². The summed E-state index contributed by atoms with van der Waals surface area (Å²) in [6.45, 7) is 3.47. The first-order chi connectivity index (χ1) is 13.9. The van der Waals surface area contributed by atoms with Crippen molar-refractivity contribution in [1.29, 1.82) is 0 Å². The Morgan fingerprint density at radius 1 is 1.14 bits per heavy atom. The molecule has 29 heavy (non-hydrogen) atoms. The Morgan fingerprint density at radius 3 is 2.48 bits per heavy atom. The van der Waals surface area contributed by atoms with Gasteiger partial charge in [-0.2, -0.15) is 4.31 Å². The van der Waals surface area contributed by atoms with Crippen molar-refractivity contribution in [3.63, 3.8) is 0 Å². The smallest absolute Gasteiger partial charge is 0.243 e. The SMILES string of the molecule is COc1ccc(C)cc1NC(=O)CNc1ccc(S(=O)(=O)N2CCOCC2)cc1. The maximum Gasteiger partial charge on any atom is 0.243 e. The highest BCUT2D eigenvalue weighted by atomic mass is 32.2. The molecule has 0 radical (unpaired) electrons. The zero-order valence-corrected chi connectivity index (χ0v) is 17.3. The Hall–Kier alpha value is -2.62. The fourth-order valence-corrected chi connectivity index (χ4v) is 4.38. The fourth-order valence-electron chi connectivity index (χ4n) is 2.98. The van der Waals surface area contributed by atoms with Crippen molar-refractivity contribution >= 4 is 27.3 Å². The van der Waals surface area contributed by atoms with Gasteiger partial charge in [0, 0.05) is 18.8 Å². The van der Waals surface area contributed by atoms with Gasteiger partial charge in [0.1, 0.15) is 5.75 Å². The highest BCUT2D eigenvalue weighted by Gasteiger charge is 2.26. The summed E-state index contributed by atoms with van der Waals surface area (Å²) in [7, 11) is -1.98. The van der Waals surface area contributed by atoms with E-state index in [2.05, 4.69) is 10.6 Å². The first-order valence-electron chi connectivity index (χ1n) is 9.26. The van der Waals surface area contributed by atoms with E-state index in [4.69, 9.17) is 9.47 Å². The van der Waals surface area contributed by atoms with Crippen molar-refractivity contribution in [2.24, 2.45) is 0 Å². The highest BCUT2D eigenvalue weighted by Crippen LogP contribution is 2.25. The van der Waals surface area contributed by atoms with Crippen LogP contribution in [0.15, 0.2) is 47.4 Å². The summed E-state index contributed by atoms with van der Waals surface area (Å²) in [5.74, 6) is 0.348. The Bertz CT molecular complexity index is 955. The molecule has 0 aromatic heterocycles. The third-order valence-corrected chi connectivity index (χ3v) is 6.46. The van der Waals surface area contributed by atoms with Gasteiger partial charge in [-0.05, 0) is 48.9 Å². The summed E-state index contributed by atoms with van der Waals surface area (Å²) in [6.07, 6.45) is 0. The van der Waals surface area contributed by atoms with Crippen molar-refractivity contribution in [3.05, 3.63) is 48.0 Å². The molecule has 1 aliphatic rings. The molecule has 9 heteroatoms. The van der Waals surface area contributed by atoms with Crippen molar-refractivity contribution in [3.8, 4) is 5.75 Å². The van der Waals surface area contributed by atoms with E-state index in [1.54, 1.807) is 25.3 Å². The Balaban J connectivity index is 1.59. The second kappa shape index (κ2) is 9.25. The number of hydrogen-bond donors (Lipinski definition) is 2. The molecule has 1 fully saturated rings. The number of methoxy groups -OCH3 is 1. The van der Waals surface area contributed by atoms with Crippen LogP contribution in [-0.2, 0) is 19.6 Å². The molecule has 1 saturated heterocycles. The number of nitrogens with one attached hydrogen (secondary N) is 2. The number of benzene rings is 2. The molecule has 0 aliphatic carbocycles. The van der Waals surface area contributed by atoms with E-state index in [0.717, 1.165) is 5.56 Å². The molecule has 3 rings (SSSR count). The number of sulfonamides is 1. The summed E-state index contributed by atoms with van der Waals surface area (Å²) < 4.78 is 37.1. The molecule has 0 spiro atoms. The maximum atomic E-state index is 12.6. The lowest BCUT2D eigenvalue weighted by molar-refractivity contribution is -0.114. The van der Waals surface area contributed by atoms with Crippen LogP contribution in [0.1, 0.15) is 5.56 Å². The van der Waals surface area contributed by atoms with Crippen LogP contribution >= 0.6 is 0 Å². The van der Waals surface area contributed by atoms with Gasteiger partial charge in [-0.25, -0.2) is 8.42 Å². The number of ether oxygens (including phenoxy) is 2. The van der Waals surface area contributed by atoms with Crippen molar-refractivity contribution in [2.75, 3.05) is 50.6 Å². The fraction of sp³-hybridized carbons (Fsp3) is 0.350. The van der Waals surface area contributed by atoms with Gasteiger partial charge in [0.2, 0.25) is 15.9 Å². The summed E-state index contributed by atoms with van der Waals surface area (Å²) in [5, 5.41) is 5.80. The van der Waals surface area contributed by atoms with Gasteiger partial charge in [-0.1, -0.05) is 6.07 Å². The van der Waals surface area contributed by atoms with Crippen LogP contribution < -0.4 is 15.4 Å². The molecule has 1 aliphatic heterocycles. The van der Waals surface area contributed by atoms with Crippen LogP contribution in [0.3, 0.4) is 0 Å². The van der Waals surface area contributed by atoms with E-state index in [-0.39, 0.29) is 17.3 Å². The summed E-state index contributed by atoms with van der Waals surface area (Å²) >= 11 is 0. The summed E-state index contributed by atoms with van der Waals surface area (Å²) in [4.78, 5) is 12.5. The molecule has 1 amide bonds. The van der Waals surface area contributed by atoms with E-state index < -0.39 is 10.0 Å². The average molecular weight is 420 g/mol. The first-order valence-corrected chi connectivity index (χ1v) is 10.7. The number of carbonyl (C=O) groups is 1. The number of rotatable bonds is 7. The predicted molar refractivity (Wildman–Crippen MR) is 111 cm³/mol. The van der Waals surface area contributed by atoms with Crippen molar-refractivity contribution < 1.29 is 22.7 Å². The van der Waals surface area contributed by atoms with Crippen LogP contribution in [0, 0.1) is 6.92 Å². The minimum atomic E-state index is -3.53. The number of hydrogen-bond acceptors (Lipinski definition) is 6. The molecule has 2 aromatic rings. The van der Waals surface area contributed by atoms with Crippen LogP contribution in [0.25, 0.3) is 0 Å². The molecule has 2 aromatic carbocycles. The lowest BCUT2D eigenvalue weighted by atomic mass is 10.2. The van der Waals surface area contributed by atoms with Crippen molar-refractivity contribution in [1.82, 2.24) is 4.31 Å². The number of aryl methyl sites for hydroxylation is 1. The number of nitrogens with zero attached hydrogens (tertiary/aromatic N) is 1. The number of morpholine rings is 1. The van der Waals surface area contributed by atoms with E-state index in [1.807, 2.05) is 19.1 Å². The van der Waals surface area contributed by atoms with E-state index in [1.165, 1.54) is 16.4 Å². The summed E-state index contributed by atoms with van der Waals surface area (Å²) in [5.41, 5.74) is 2.26. The molecule has 156 valence electrons. The molecule has 0 unspecified atom stereocenters. The number of carbonyl (C=O) groups excluding carboxylic acids is 1. The van der Waals surface area contributed by atoms with E-state index in [9.17, 15) is 13.2 Å². The van der Waals surface area contributed by atoms with Gasteiger partial charge in [0.25, 0.3) is 0 Å². The zero-order chi connectivity index (χ0) is 20.9. The average Bonchev–Trinajstić information content (AvgIpc) is 2.73. The Morgan fingerprint density at radius 2 is 1.83 bits per heavy atom. The third-order valence-electron chi connectivity index (χ3n) is 4.54. The van der Waals surface area contributed by atoms with Crippen LogP contribution in [0.5, 0.6) is 5.75 Å². The molecular weight excluding hydrogens is 394 g/mol. The molecule has 8 nitrogen and oxygen atoms in total. The standard InChI is InChI=1S/C20H25N3O5S/c1-15-3-8-19(27-2)18(13-15)22-20(24)14-21-16-4-6-17(7-5-16)29(25,26)23-9-11-28-12-10-23/h3-8,13,21H,9-12,14H2,1-2H3,(H,22,24). The van der Waals surface area contributed by atoms with Crippen LogP contribution in [0.4, 0.5) is 11.4 Å². The second-order valence-electron chi connectivity index (χ2n) is 6.65. The van der Waals surface area contributed by atoms with Gasteiger partial charge in [-0.15, -0.1) is 0 Å². The van der Waals surface area contributed by atoms with Crippen molar-refractivity contribution in [2.45, 2.75) is 11.8 Å². The summed E-state index contributed by atoms with van der Waals surface area (Å²) in [6, 6.07) is 11.9. The largest absolute Gasteiger partial charge is 0.495 e. The van der Waals surface area contributed by atoms with Crippen LogP contribution in [0.2, 0.25) is 0 Å². The van der Waals surface area contributed by atoms with E-state index >= 15 is 0 Å². The predicted octanol–water partition coefficient (Wildman–Crippen LogP) is 2.08. The van der Waals surface area contributed by atoms with Gasteiger partial charge >= 0.3 is 0 Å². The minimum absolute atomic E-state index is 0.0344. The van der Waals surface area contributed by atoms with Gasteiger partial charge in [0.05, 0.1) is 37.5 Å². The Kier molecular flexibility index (Phi) is 6.73. The normalized spacial score (nSPS) is 15.0. The minimum Gasteiger partial charge on any atom is -0.495 e. The molecular formula is C20H25N3O5S.